The summed E-state index contributed by atoms with van der Waals surface area (Å²) in [5.74, 6) is 1.65. The van der Waals surface area contributed by atoms with Gasteiger partial charge in [-0.1, -0.05) is 18.7 Å². The van der Waals surface area contributed by atoms with Crippen molar-refractivity contribution in [3.63, 3.8) is 0 Å². The van der Waals surface area contributed by atoms with E-state index < -0.39 is 5.97 Å². The number of benzene rings is 3. The molecule has 1 aliphatic rings. The summed E-state index contributed by atoms with van der Waals surface area (Å²) in [5, 5.41) is 0. The van der Waals surface area contributed by atoms with Gasteiger partial charge in [-0.2, -0.15) is 0 Å². The summed E-state index contributed by atoms with van der Waals surface area (Å²) in [5.41, 5.74) is 5.03. The normalized spacial score (nSPS) is 11.3. The van der Waals surface area contributed by atoms with Crippen molar-refractivity contribution in [1.82, 2.24) is 0 Å². The van der Waals surface area contributed by atoms with Crippen LogP contribution in [0, 0.1) is 0 Å². The Morgan fingerprint density at radius 3 is 2.18 bits per heavy atom. The molecule has 0 N–H and O–H groups in total. The quantitative estimate of drug-likeness (QED) is 0.135. The number of hydrogen-bond acceptors (Lipinski definition) is 5. The second kappa shape index (κ2) is 10.2. The summed E-state index contributed by atoms with van der Waals surface area (Å²) in [4.78, 5) is 23.8. The molecule has 3 aromatic rings. The molecule has 0 spiro atoms. The van der Waals surface area contributed by atoms with Crippen molar-refractivity contribution >= 4 is 11.8 Å². The van der Waals surface area contributed by atoms with Gasteiger partial charge in [0.15, 0.2) is 5.78 Å². The Balaban J connectivity index is 1.39. The summed E-state index contributed by atoms with van der Waals surface area (Å²) in [6, 6.07) is 18.7. The number of esters is 1. The molecule has 168 valence electrons. The maximum absolute atomic E-state index is 12.5. The highest BCUT2D eigenvalue weighted by Gasteiger charge is 2.20. The molecule has 0 fully saturated rings. The van der Waals surface area contributed by atoms with E-state index in [1.54, 1.807) is 24.3 Å². The molecule has 5 heteroatoms. The number of hydrogen-bond donors (Lipinski definition) is 0. The van der Waals surface area contributed by atoms with Crippen molar-refractivity contribution in [2.75, 3.05) is 13.2 Å². The number of carbonyl (C=O) groups excluding carboxylic acids is 2. The third-order valence-corrected chi connectivity index (χ3v) is 5.50. The number of ether oxygens (including phenoxy) is 3. The topological polar surface area (TPSA) is 61.8 Å². The van der Waals surface area contributed by atoms with Crippen molar-refractivity contribution in [3.05, 3.63) is 90.0 Å². The van der Waals surface area contributed by atoms with Gasteiger partial charge >= 0.3 is 5.97 Å². The van der Waals surface area contributed by atoms with Gasteiger partial charge in [0.05, 0.1) is 18.8 Å². The number of fused-ring (bicyclic) bond motifs is 3. The summed E-state index contributed by atoms with van der Waals surface area (Å²) in [6.45, 7) is 6.45. The van der Waals surface area contributed by atoms with Crippen LogP contribution in [0.15, 0.2) is 73.3 Å². The van der Waals surface area contributed by atoms with Crippen molar-refractivity contribution in [1.29, 1.82) is 0 Å². The molecule has 0 saturated carbocycles. The molecule has 0 aliphatic heterocycles. The van der Waals surface area contributed by atoms with Gasteiger partial charge in [0.1, 0.15) is 17.2 Å². The lowest BCUT2D eigenvalue weighted by Crippen LogP contribution is -2.08. The van der Waals surface area contributed by atoms with E-state index in [0.29, 0.717) is 37.4 Å². The van der Waals surface area contributed by atoms with Gasteiger partial charge in [-0.25, -0.2) is 4.79 Å². The molecule has 0 saturated heterocycles. The first-order chi connectivity index (χ1) is 16.1. The van der Waals surface area contributed by atoms with Crippen LogP contribution in [-0.4, -0.2) is 25.0 Å². The second-order valence-corrected chi connectivity index (χ2v) is 7.78. The first-order valence-electron chi connectivity index (χ1n) is 11.1. The Labute approximate surface area is 193 Å². The van der Waals surface area contributed by atoms with Crippen LogP contribution in [0.3, 0.4) is 0 Å². The fourth-order valence-corrected chi connectivity index (χ4v) is 3.88. The molecule has 5 nitrogen and oxygen atoms in total. The zero-order valence-electron chi connectivity index (χ0n) is 18.6. The molecule has 0 atom stereocenters. The molecule has 1 aliphatic carbocycles. The lowest BCUT2D eigenvalue weighted by atomic mass is 10.1. The van der Waals surface area contributed by atoms with Crippen LogP contribution < -0.4 is 14.2 Å². The van der Waals surface area contributed by atoms with E-state index in [0.717, 1.165) is 34.6 Å². The maximum Gasteiger partial charge on any atom is 0.343 e. The van der Waals surface area contributed by atoms with E-state index >= 15 is 0 Å². The summed E-state index contributed by atoms with van der Waals surface area (Å²) >= 11 is 0. The molecule has 4 rings (SSSR count). The molecule has 33 heavy (non-hydrogen) atoms. The Kier molecular flexibility index (Phi) is 6.89. The fourth-order valence-electron chi connectivity index (χ4n) is 3.88. The van der Waals surface area contributed by atoms with Crippen molar-refractivity contribution in [3.8, 4) is 28.4 Å². The highest BCUT2D eigenvalue weighted by Crippen LogP contribution is 2.40. The minimum Gasteiger partial charge on any atom is -0.494 e. The van der Waals surface area contributed by atoms with E-state index in [1.165, 1.54) is 11.6 Å². The average molecular weight is 443 g/mol. The third kappa shape index (κ3) is 5.32. The zero-order valence-corrected chi connectivity index (χ0v) is 18.6. The van der Waals surface area contributed by atoms with Crippen LogP contribution in [0.2, 0.25) is 0 Å². The minimum atomic E-state index is -0.404. The summed E-state index contributed by atoms with van der Waals surface area (Å²) < 4.78 is 16.8. The highest BCUT2D eigenvalue weighted by atomic mass is 16.5. The average Bonchev–Trinajstić information content (AvgIpc) is 3.19. The number of rotatable bonds is 10. The van der Waals surface area contributed by atoms with Crippen LogP contribution in [0.5, 0.6) is 17.2 Å². The molecule has 0 amide bonds. The van der Waals surface area contributed by atoms with Gasteiger partial charge in [-0.15, -0.1) is 0 Å². The number of carbonyl (C=O) groups is 2. The predicted octanol–water partition coefficient (Wildman–Crippen LogP) is 5.79. The monoisotopic (exact) mass is 442 g/mol. The first-order valence-corrected chi connectivity index (χ1v) is 11.1. The van der Waals surface area contributed by atoms with E-state index in [-0.39, 0.29) is 5.78 Å². The van der Waals surface area contributed by atoms with E-state index in [4.69, 9.17) is 14.2 Å². The van der Waals surface area contributed by atoms with Gasteiger partial charge in [0.2, 0.25) is 0 Å². The second-order valence-electron chi connectivity index (χ2n) is 7.78. The van der Waals surface area contributed by atoms with Crippen molar-refractivity contribution < 1.29 is 23.8 Å². The van der Waals surface area contributed by atoms with Crippen LogP contribution in [-0.2, 0) is 11.2 Å². The Morgan fingerprint density at radius 2 is 1.52 bits per heavy atom. The Morgan fingerprint density at radius 1 is 0.879 bits per heavy atom. The minimum absolute atomic E-state index is 0.0297. The summed E-state index contributed by atoms with van der Waals surface area (Å²) in [6.07, 6.45) is 3.19. The Hall–Kier alpha value is -3.86. The van der Waals surface area contributed by atoms with Gasteiger partial charge in [-0.05, 0) is 96.6 Å². The Bertz CT molecular complexity index is 1180. The fraction of sp³-hybridized carbons (Fsp3) is 0.214. The van der Waals surface area contributed by atoms with Gasteiger partial charge < -0.3 is 14.2 Å². The van der Waals surface area contributed by atoms with Gasteiger partial charge in [-0.3, -0.25) is 4.79 Å². The predicted molar refractivity (Wildman–Crippen MR) is 127 cm³/mol. The lowest BCUT2D eigenvalue weighted by Gasteiger charge is -2.08. The smallest absolute Gasteiger partial charge is 0.343 e. The van der Waals surface area contributed by atoms with Crippen molar-refractivity contribution in [2.24, 2.45) is 0 Å². The molecule has 0 unspecified atom stereocenters. The van der Waals surface area contributed by atoms with E-state index in [1.807, 2.05) is 37.3 Å². The van der Waals surface area contributed by atoms with Crippen LogP contribution in [0.1, 0.15) is 41.3 Å². The molecular weight excluding hydrogens is 416 g/mol. The highest BCUT2D eigenvalue weighted by molar-refractivity contribution is 5.91. The zero-order chi connectivity index (χ0) is 23.2. The molecular formula is C28H26O5. The van der Waals surface area contributed by atoms with Gasteiger partial charge in [0.25, 0.3) is 0 Å². The molecule has 3 aromatic carbocycles. The SMILES string of the molecule is C=CC(=O)CCCOc1ccc2c(c1)Cc1cc(OC(=O)c3ccc(OCC)cc3)ccc1-2. The molecule has 0 heterocycles. The van der Waals surface area contributed by atoms with Gasteiger partial charge in [0, 0.05) is 6.42 Å². The molecule has 0 radical (unpaired) electrons. The standard InChI is InChI=1S/C28H26O5/c1-3-22(29)6-5-15-32-24-11-13-26-20(17-24)16-21-18-25(12-14-27(21)26)33-28(30)19-7-9-23(10-8-19)31-4-2/h3,7-14,17-18H,1,4-6,15-16H2,2H3. The maximum atomic E-state index is 12.5. The van der Waals surface area contributed by atoms with E-state index in [2.05, 4.69) is 12.6 Å². The lowest BCUT2D eigenvalue weighted by molar-refractivity contribution is -0.114. The molecule has 0 aromatic heterocycles. The first kappa shape index (κ1) is 22.3. The number of ketones is 1. The molecule has 0 bridgehead atoms. The van der Waals surface area contributed by atoms with Crippen molar-refractivity contribution in [2.45, 2.75) is 26.2 Å². The number of allylic oxidation sites excluding steroid dienone is 1. The van der Waals surface area contributed by atoms with Crippen LogP contribution in [0.4, 0.5) is 0 Å². The van der Waals surface area contributed by atoms with E-state index in [9.17, 15) is 9.59 Å². The van der Waals surface area contributed by atoms with Crippen LogP contribution >= 0.6 is 0 Å². The van der Waals surface area contributed by atoms with Crippen LogP contribution in [0.25, 0.3) is 11.1 Å². The summed E-state index contributed by atoms with van der Waals surface area (Å²) in [7, 11) is 0. The largest absolute Gasteiger partial charge is 0.494 e. The third-order valence-electron chi connectivity index (χ3n) is 5.50.